The van der Waals surface area contributed by atoms with Gasteiger partial charge in [-0.1, -0.05) is 24.3 Å². The van der Waals surface area contributed by atoms with Gasteiger partial charge >= 0.3 is 0 Å². The Labute approximate surface area is 212 Å². The minimum Gasteiger partial charge on any atom is -0.507 e. The summed E-state index contributed by atoms with van der Waals surface area (Å²) < 4.78 is 5.22. The Kier molecular flexibility index (Phi) is 7.15. The predicted octanol–water partition coefficient (Wildman–Crippen LogP) is 5.78. The van der Waals surface area contributed by atoms with Crippen LogP contribution >= 0.6 is 0 Å². The van der Waals surface area contributed by atoms with E-state index in [0.29, 0.717) is 17.0 Å². The van der Waals surface area contributed by atoms with E-state index in [9.17, 15) is 14.7 Å². The Morgan fingerprint density at radius 3 is 2.17 bits per heavy atom. The zero-order chi connectivity index (χ0) is 26.0. The van der Waals surface area contributed by atoms with Crippen LogP contribution in [0.15, 0.2) is 72.3 Å². The standard InChI is InChI=1S/C30H32N2O4/c1-6-31(7-2)23-15-11-21(12-16-23)27-26(28(33)22-13-17-24(36-5)18-14-22)29(34)30(35)32(27)25-10-8-9-19(3)20(25)4/h8-18,27,33H,6-7H2,1-5H3/b28-26+. The highest BCUT2D eigenvalue weighted by atomic mass is 16.5. The molecule has 0 aliphatic carbocycles. The van der Waals surface area contributed by atoms with E-state index in [1.807, 2.05) is 56.3 Å². The molecular formula is C30H32N2O4. The average Bonchev–Trinajstić information content (AvgIpc) is 3.16. The van der Waals surface area contributed by atoms with Crippen molar-refractivity contribution in [2.75, 3.05) is 30.0 Å². The molecule has 1 saturated heterocycles. The number of hydrogen-bond donors (Lipinski definition) is 1. The molecule has 0 aromatic heterocycles. The zero-order valence-corrected chi connectivity index (χ0v) is 21.4. The second-order valence-corrected chi connectivity index (χ2v) is 8.88. The number of ketones is 1. The first-order chi connectivity index (χ1) is 17.3. The molecule has 1 N–H and O–H groups in total. The van der Waals surface area contributed by atoms with Gasteiger partial charge in [0.15, 0.2) is 0 Å². The summed E-state index contributed by atoms with van der Waals surface area (Å²) in [5.41, 5.74) is 4.90. The summed E-state index contributed by atoms with van der Waals surface area (Å²) in [6.45, 7) is 9.85. The van der Waals surface area contributed by atoms with E-state index in [2.05, 4.69) is 18.7 Å². The Morgan fingerprint density at radius 1 is 0.944 bits per heavy atom. The molecule has 3 aromatic rings. The molecular weight excluding hydrogens is 452 g/mol. The van der Waals surface area contributed by atoms with E-state index in [1.54, 1.807) is 31.4 Å². The fourth-order valence-corrected chi connectivity index (χ4v) is 4.75. The number of aliphatic hydroxyl groups is 1. The molecule has 1 unspecified atom stereocenters. The van der Waals surface area contributed by atoms with Crippen LogP contribution in [0.1, 0.15) is 42.1 Å². The van der Waals surface area contributed by atoms with Gasteiger partial charge in [-0.25, -0.2) is 0 Å². The lowest BCUT2D eigenvalue weighted by molar-refractivity contribution is -0.132. The largest absolute Gasteiger partial charge is 0.507 e. The first-order valence-corrected chi connectivity index (χ1v) is 12.2. The van der Waals surface area contributed by atoms with E-state index < -0.39 is 17.7 Å². The van der Waals surface area contributed by atoms with Crippen LogP contribution in [0.3, 0.4) is 0 Å². The topological polar surface area (TPSA) is 70.1 Å². The molecule has 0 radical (unpaired) electrons. The molecule has 3 aromatic carbocycles. The third-order valence-corrected chi connectivity index (χ3v) is 6.98. The Balaban J connectivity index is 1.92. The maximum Gasteiger partial charge on any atom is 0.300 e. The van der Waals surface area contributed by atoms with Crippen LogP contribution < -0.4 is 14.5 Å². The summed E-state index contributed by atoms with van der Waals surface area (Å²) in [4.78, 5) is 30.6. The van der Waals surface area contributed by atoms with Gasteiger partial charge in [0.05, 0.1) is 18.7 Å². The van der Waals surface area contributed by atoms with Gasteiger partial charge in [-0.15, -0.1) is 0 Å². The predicted molar refractivity (Wildman–Crippen MR) is 144 cm³/mol. The van der Waals surface area contributed by atoms with Crippen molar-refractivity contribution in [3.8, 4) is 5.75 Å². The summed E-state index contributed by atoms with van der Waals surface area (Å²) in [7, 11) is 1.56. The van der Waals surface area contributed by atoms with Crippen molar-refractivity contribution in [2.45, 2.75) is 33.7 Å². The summed E-state index contributed by atoms with van der Waals surface area (Å²) in [5, 5.41) is 11.3. The lowest BCUT2D eigenvalue weighted by atomic mass is 9.94. The number of aliphatic hydroxyl groups excluding tert-OH is 1. The van der Waals surface area contributed by atoms with Crippen LogP contribution in [-0.4, -0.2) is 37.0 Å². The first kappa shape index (κ1) is 25.0. The summed E-state index contributed by atoms with van der Waals surface area (Å²) in [6.07, 6.45) is 0. The average molecular weight is 485 g/mol. The third-order valence-electron chi connectivity index (χ3n) is 6.98. The van der Waals surface area contributed by atoms with Gasteiger partial charge in [-0.05, 0) is 86.8 Å². The van der Waals surface area contributed by atoms with Crippen LogP contribution in [0.25, 0.3) is 5.76 Å². The van der Waals surface area contributed by atoms with Gasteiger partial charge in [0.1, 0.15) is 11.5 Å². The van der Waals surface area contributed by atoms with Crippen LogP contribution in [0, 0.1) is 13.8 Å². The fourth-order valence-electron chi connectivity index (χ4n) is 4.75. The molecule has 0 spiro atoms. The molecule has 6 heteroatoms. The van der Waals surface area contributed by atoms with Crippen molar-refractivity contribution in [1.29, 1.82) is 0 Å². The van der Waals surface area contributed by atoms with Crippen molar-refractivity contribution in [1.82, 2.24) is 0 Å². The Morgan fingerprint density at radius 2 is 1.58 bits per heavy atom. The molecule has 4 rings (SSSR count). The van der Waals surface area contributed by atoms with Crippen molar-refractivity contribution < 1.29 is 19.4 Å². The summed E-state index contributed by atoms with van der Waals surface area (Å²) >= 11 is 0. The fraction of sp³-hybridized carbons (Fsp3) is 0.267. The van der Waals surface area contributed by atoms with Gasteiger partial charge in [-0.2, -0.15) is 0 Å². The van der Waals surface area contributed by atoms with Gasteiger partial charge in [0, 0.05) is 30.0 Å². The number of amides is 1. The third kappa shape index (κ3) is 4.35. The summed E-state index contributed by atoms with van der Waals surface area (Å²) in [6, 6.07) is 19.6. The Bertz CT molecular complexity index is 1310. The SMILES string of the molecule is CCN(CC)c1ccc(C2/C(=C(\O)c3ccc(OC)cc3)C(=O)C(=O)N2c2cccc(C)c2C)cc1. The molecule has 36 heavy (non-hydrogen) atoms. The highest BCUT2D eigenvalue weighted by molar-refractivity contribution is 6.51. The van der Waals surface area contributed by atoms with E-state index in [1.165, 1.54) is 4.90 Å². The monoisotopic (exact) mass is 484 g/mol. The molecule has 186 valence electrons. The number of Topliss-reactive ketones (excluding diaryl/α,β-unsaturated/α-hetero) is 1. The van der Waals surface area contributed by atoms with Gasteiger partial charge in [0.25, 0.3) is 11.7 Å². The first-order valence-electron chi connectivity index (χ1n) is 12.2. The number of carbonyl (C=O) groups excluding carboxylic acids is 2. The maximum atomic E-state index is 13.5. The number of aryl methyl sites for hydroxylation is 1. The lowest BCUT2D eigenvalue weighted by Gasteiger charge is -2.28. The van der Waals surface area contributed by atoms with Crippen molar-refractivity contribution in [2.24, 2.45) is 0 Å². The molecule has 1 amide bonds. The lowest BCUT2D eigenvalue weighted by Crippen LogP contribution is -2.30. The van der Waals surface area contributed by atoms with Crippen molar-refractivity contribution in [3.05, 3.63) is 94.6 Å². The zero-order valence-electron chi connectivity index (χ0n) is 21.4. The second-order valence-electron chi connectivity index (χ2n) is 8.88. The minimum absolute atomic E-state index is 0.0710. The molecule has 1 aliphatic heterocycles. The second kappa shape index (κ2) is 10.3. The number of nitrogens with zero attached hydrogens (tertiary/aromatic N) is 2. The molecule has 6 nitrogen and oxygen atoms in total. The van der Waals surface area contributed by atoms with Crippen molar-refractivity contribution in [3.63, 3.8) is 0 Å². The van der Waals surface area contributed by atoms with Gasteiger partial charge in [-0.3, -0.25) is 14.5 Å². The normalized spacial score (nSPS) is 16.9. The van der Waals surface area contributed by atoms with Gasteiger partial charge < -0.3 is 14.7 Å². The smallest absolute Gasteiger partial charge is 0.300 e. The molecule has 1 heterocycles. The van der Waals surface area contributed by atoms with Crippen LogP contribution in [0.5, 0.6) is 5.75 Å². The quantitative estimate of drug-likeness (QED) is 0.261. The summed E-state index contributed by atoms with van der Waals surface area (Å²) in [5.74, 6) is -0.939. The number of rotatable bonds is 7. The van der Waals surface area contributed by atoms with Crippen LogP contribution in [0.4, 0.5) is 11.4 Å². The number of carbonyl (C=O) groups is 2. The van der Waals surface area contributed by atoms with Crippen LogP contribution in [-0.2, 0) is 9.59 Å². The molecule has 1 fully saturated rings. The number of methoxy groups -OCH3 is 1. The molecule has 1 aliphatic rings. The number of hydrogen-bond acceptors (Lipinski definition) is 5. The molecule has 0 bridgehead atoms. The molecule has 0 saturated carbocycles. The highest BCUT2D eigenvalue weighted by Gasteiger charge is 2.47. The van der Waals surface area contributed by atoms with Crippen LogP contribution in [0.2, 0.25) is 0 Å². The Hall–Kier alpha value is -4.06. The van der Waals surface area contributed by atoms with E-state index in [-0.39, 0.29) is 11.3 Å². The highest BCUT2D eigenvalue weighted by Crippen LogP contribution is 2.43. The maximum absolute atomic E-state index is 13.5. The number of anilines is 2. The van der Waals surface area contributed by atoms with Crippen molar-refractivity contribution >= 4 is 28.8 Å². The molecule has 1 atom stereocenters. The number of benzene rings is 3. The van der Waals surface area contributed by atoms with E-state index >= 15 is 0 Å². The van der Waals surface area contributed by atoms with E-state index in [4.69, 9.17) is 4.74 Å². The van der Waals surface area contributed by atoms with Gasteiger partial charge in [0.2, 0.25) is 0 Å². The number of ether oxygens (including phenoxy) is 1. The van der Waals surface area contributed by atoms with E-state index in [0.717, 1.165) is 35.5 Å². The minimum atomic E-state index is -0.765.